The van der Waals surface area contributed by atoms with E-state index in [4.69, 9.17) is 0 Å². The lowest BCUT2D eigenvalue weighted by Crippen LogP contribution is -2.14. The third-order valence-corrected chi connectivity index (χ3v) is 11.7. The van der Waals surface area contributed by atoms with E-state index < -0.39 is 0 Å². The van der Waals surface area contributed by atoms with Gasteiger partial charge in [-0.05, 0) is 110 Å². The number of para-hydroxylation sites is 1. The topological polar surface area (TPSA) is 24.1 Å². The number of fused-ring (bicyclic) bond motifs is 4. The van der Waals surface area contributed by atoms with E-state index in [1.54, 1.807) is 0 Å². The van der Waals surface area contributed by atoms with Crippen molar-refractivity contribution < 1.29 is 0 Å². The highest BCUT2D eigenvalue weighted by molar-refractivity contribution is 5.98. The van der Waals surface area contributed by atoms with Gasteiger partial charge in [-0.25, -0.2) is 0 Å². The molecule has 0 amide bonds. The van der Waals surface area contributed by atoms with Crippen molar-refractivity contribution in [2.45, 2.75) is 19.3 Å². The van der Waals surface area contributed by atoms with Gasteiger partial charge in [0, 0.05) is 44.7 Å². The first-order valence-corrected chi connectivity index (χ1v) is 19.8. The van der Waals surface area contributed by atoms with Gasteiger partial charge in [0.15, 0.2) is 0 Å². The van der Waals surface area contributed by atoms with Crippen molar-refractivity contribution in [2.75, 3.05) is 10.6 Å². The fourth-order valence-electron chi connectivity index (χ4n) is 8.71. The molecule has 0 fully saturated rings. The van der Waals surface area contributed by atoms with Crippen molar-refractivity contribution in [1.29, 1.82) is 0 Å². The maximum Gasteiger partial charge on any atom is 0.0464 e. The zero-order valence-electron chi connectivity index (χ0n) is 32.1. The molecule has 0 unspecified atom stereocenters. The van der Waals surface area contributed by atoms with Gasteiger partial charge in [0.2, 0.25) is 0 Å². The average Bonchev–Trinajstić information content (AvgIpc) is 3.50. The Morgan fingerprint density at radius 3 is 1.77 bits per heavy atom. The highest BCUT2D eigenvalue weighted by Crippen LogP contribution is 2.50. The molecule has 1 aliphatic rings. The molecule has 57 heavy (non-hydrogen) atoms. The first-order chi connectivity index (χ1) is 28.0. The van der Waals surface area contributed by atoms with Gasteiger partial charge in [-0.15, -0.1) is 0 Å². The van der Waals surface area contributed by atoms with E-state index in [1.807, 2.05) is 0 Å². The van der Waals surface area contributed by atoms with E-state index in [2.05, 4.69) is 231 Å². The van der Waals surface area contributed by atoms with Gasteiger partial charge in [-0.3, -0.25) is 0 Å². The maximum absolute atomic E-state index is 3.87. The van der Waals surface area contributed by atoms with Crippen LogP contribution in [0, 0.1) is 0 Å². The molecule has 0 bridgehead atoms. The quantitative estimate of drug-likeness (QED) is 0.163. The van der Waals surface area contributed by atoms with Gasteiger partial charge in [0.1, 0.15) is 0 Å². The molecule has 2 N–H and O–H groups in total. The van der Waals surface area contributed by atoms with Crippen molar-refractivity contribution in [1.82, 2.24) is 0 Å². The number of hydrogen-bond donors (Lipinski definition) is 2. The molecule has 9 aromatic rings. The summed E-state index contributed by atoms with van der Waals surface area (Å²) in [7, 11) is 0. The number of anilines is 4. The minimum Gasteiger partial charge on any atom is -0.355 e. The van der Waals surface area contributed by atoms with Gasteiger partial charge in [0.05, 0.1) is 0 Å². The fourth-order valence-corrected chi connectivity index (χ4v) is 8.71. The number of rotatable bonds is 8. The molecule has 0 saturated heterocycles. The molecule has 0 aromatic heterocycles. The van der Waals surface area contributed by atoms with Gasteiger partial charge in [-0.2, -0.15) is 0 Å². The average molecular weight is 731 g/mol. The van der Waals surface area contributed by atoms with Crippen LogP contribution in [0.5, 0.6) is 0 Å². The molecule has 0 saturated carbocycles. The Kier molecular flexibility index (Phi) is 8.53. The van der Waals surface area contributed by atoms with Crippen molar-refractivity contribution in [2.24, 2.45) is 0 Å². The van der Waals surface area contributed by atoms with E-state index in [9.17, 15) is 0 Å². The Hall–Kier alpha value is -7.16. The molecule has 10 rings (SSSR count). The van der Waals surface area contributed by atoms with Crippen LogP contribution in [0.3, 0.4) is 0 Å². The Morgan fingerprint density at radius 1 is 0.316 bits per heavy atom. The predicted octanol–water partition coefficient (Wildman–Crippen LogP) is 15.3. The van der Waals surface area contributed by atoms with Crippen LogP contribution in [0.1, 0.15) is 25.0 Å². The molecule has 0 spiro atoms. The highest BCUT2D eigenvalue weighted by Gasteiger charge is 2.35. The third-order valence-electron chi connectivity index (χ3n) is 11.7. The van der Waals surface area contributed by atoms with Crippen LogP contribution in [0.2, 0.25) is 0 Å². The molecule has 2 nitrogen and oxygen atoms in total. The summed E-state index contributed by atoms with van der Waals surface area (Å²) in [6.07, 6.45) is 0. The van der Waals surface area contributed by atoms with Gasteiger partial charge < -0.3 is 10.6 Å². The molecular formula is C55H42N2. The van der Waals surface area contributed by atoms with Crippen LogP contribution in [0.4, 0.5) is 22.7 Å². The summed E-state index contributed by atoms with van der Waals surface area (Å²) in [5.74, 6) is 0. The van der Waals surface area contributed by atoms with Crippen LogP contribution >= 0.6 is 0 Å². The predicted molar refractivity (Wildman–Crippen MR) is 243 cm³/mol. The normalized spacial score (nSPS) is 12.5. The molecule has 0 aliphatic heterocycles. The van der Waals surface area contributed by atoms with E-state index in [0.29, 0.717) is 0 Å². The SMILES string of the molecule is CC1(C)c2ccccc2-c2cc(-c3cc(-c4cccc(-c5ccccc5Nc5cccc(-c6ccccc6)c5)c4)ccc3Nc3cccc4ccccc34)ccc21. The van der Waals surface area contributed by atoms with Crippen molar-refractivity contribution >= 4 is 33.5 Å². The van der Waals surface area contributed by atoms with Crippen molar-refractivity contribution in [3.8, 4) is 55.6 Å². The monoisotopic (exact) mass is 730 g/mol. The minimum absolute atomic E-state index is 0.0490. The molecule has 1 aliphatic carbocycles. The fraction of sp³-hybridized carbons (Fsp3) is 0.0545. The summed E-state index contributed by atoms with van der Waals surface area (Å²) in [6, 6.07) is 74.5. The van der Waals surface area contributed by atoms with E-state index >= 15 is 0 Å². The van der Waals surface area contributed by atoms with Gasteiger partial charge in [0.25, 0.3) is 0 Å². The van der Waals surface area contributed by atoms with Crippen molar-refractivity contribution in [3.63, 3.8) is 0 Å². The summed E-state index contributed by atoms with van der Waals surface area (Å²) in [5, 5.41) is 10.0. The lowest BCUT2D eigenvalue weighted by Gasteiger charge is -2.22. The maximum atomic E-state index is 3.87. The number of nitrogens with one attached hydrogen (secondary N) is 2. The standard InChI is InChI=1S/C55H42N2/c1-55(2)50-26-10-8-25-47(50)49-36-43(29-31-51(49)55)48-35-41(30-32-54(48)57-53-28-14-18-38-17-6-7-23-45(38)53)39-19-12-21-42(33-39)46-24-9-11-27-52(46)56-44-22-13-20-40(34-44)37-15-4-3-5-16-37/h3-36,56-57H,1-2H3. The second-order valence-corrected chi connectivity index (χ2v) is 15.5. The number of benzene rings is 9. The second kappa shape index (κ2) is 14.2. The molecular weight excluding hydrogens is 689 g/mol. The Morgan fingerprint density at radius 2 is 0.877 bits per heavy atom. The zero-order valence-corrected chi connectivity index (χ0v) is 32.1. The van der Waals surface area contributed by atoms with Crippen LogP contribution < -0.4 is 10.6 Å². The van der Waals surface area contributed by atoms with Crippen LogP contribution in [-0.2, 0) is 5.41 Å². The zero-order chi connectivity index (χ0) is 38.3. The van der Waals surface area contributed by atoms with E-state index in [0.717, 1.165) is 45.0 Å². The second-order valence-electron chi connectivity index (χ2n) is 15.5. The Labute approximate surface area is 335 Å². The molecule has 272 valence electrons. The Bertz CT molecular complexity index is 2930. The lowest BCUT2D eigenvalue weighted by atomic mass is 9.82. The highest BCUT2D eigenvalue weighted by atomic mass is 14.9. The lowest BCUT2D eigenvalue weighted by molar-refractivity contribution is 0.660. The first-order valence-electron chi connectivity index (χ1n) is 19.8. The Balaban J connectivity index is 1.05. The van der Waals surface area contributed by atoms with Gasteiger partial charge >= 0.3 is 0 Å². The molecule has 0 atom stereocenters. The third kappa shape index (κ3) is 6.36. The van der Waals surface area contributed by atoms with Crippen molar-refractivity contribution in [3.05, 3.63) is 217 Å². The van der Waals surface area contributed by atoms with Gasteiger partial charge in [-0.1, -0.05) is 172 Å². The molecule has 0 radical (unpaired) electrons. The summed E-state index contributed by atoms with van der Waals surface area (Å²) >= 11 is 0. The van der Waals surface area contributed by atoms with Crippen LogP contribution in [0.25, 0.3) is 66.4 Å². The van der Waals surface area contributed by atoms with E-state index in [1.165, 1.54) is 55.3 Å². The minimum atomic E-state index is -0.0490. The van der Waals surface area contributed by atoms with Crippen LogP contribution in [-0.4, -0.2) is 0 Å². The summed E-state index contributed by atoms with van der Waals surface area (Å²) < 4.78 is 0. The number of hydrogen-bond acceptors (Lipinski definition) is 2. The first kappa shape index (κ1) is 34.3. The molecule has 0 heterocycles. The molecule has 9 aromatic carbocycles. The van der Waals surface area contributed by atoms with Crippen LogP contribution in [0.15, 0.2) is 206 Å². The van der Waals surface area contributed by atoms with E-state index in [-0.39, 0.29) is 5.41 Å². The summed E-state index contributed by atoms with van der Waals surface area (Å²) in [4.78, 5) is 0. The largest absolute Gasteiger partial charge is 0.355 e. The summed E-state index contributed by atoms with van der Waals surface area (Å²) in [6.45, 7) is 4.68. The molecule has 2 heteroatoms. The summed E-state index contributed by atoms with van der Waals surface area (Å²) in [5.41, 5.74) is 19.0. The smallest absolute Gasteiger partial charge is 0.0464 e.